The van der Waals surface area contributed by atoms with E-state index in [1.54, 1.807) is 29.2 Å². The van der Waals surface area contributed by atoms with Crippen LogP contribution in [-0.4, -0.2) is 57.1 Å². The molecule has 0 saturated carbocycles. The summed E-state index contributed by atoms with van der Waals surface area (Å²) in [5.74, 6) is 0.124. The van der Waals surface area contributed by atoms with E-state index < -0.39 is 16.1 Å². The molecule has 2 rings (SSSR count). The SMILES string of the molecule is CCCCNC(=O)[C@H](CC)N(Cc1ccccc1)C(=O)CCCN(c1ccccc1OCC)S(C)(=O)=O. The van der Waals surface area contributed by atoms with Gasteiger partial charge in [-0.25, -0.2) is 8.42 Å². The van der Waals surface area contributed by atoms with Crippen molar-refractivity contribution < 1.29 is 22.7 Å². The van der Waals surface area contributed by atoms with Crippen molar-refractivity contribution in [2.75, 3.05) is 30.3 Å². The second-order valence-corrected chi connectivity index (χ2v) is 10.8. The first-order valence-electron chi connectivity index (χ1n) is 13.0. The van der Waals surface area contributed by atoms with Gasteiger partial charge in [0, 0.05) is 26.1 Å². The van der Waals surface area contributed by atoms with E-state index in [9.17, 15) is 18.0 Å². The first-order valence-corrected chi connectivity index (χ1v) is 14.9. The Morgan fingerprint density at radius 3 is 2.27 bits per heavy atom. The summed E-state index contributed by atoms with van der Waals surface area (Å²) in [6.07, 6.45) is 3.87. The Morgan fingerprint density at radius 2 is 1.65 bits per heavy atom. The molecule has 1 N–H and O–H groups in total. The molecule has 0 radical (unpaired) electrons. The molecular formula is C28H41N3O5S. The largest absolute Gasteiger partial charge is 0.492 e. The molecule has 37 heavy (non-hydrogen) atoms. The second-order valence-electron chi connectivity index (χ2n) is 8.92. The summed E-state index contributed by atoms with van der Waals surface area (Å²) in [5, 5.41) is 2.96. The first kappa shape index (κ1) is 30.2. The van der Waals surface area contributed by atoms with Crippen molar-refractivity contribution in [1.82, 2.24) is 10.2 Å². The molecule has 0 bridgehead atoms. The van der Waals surface area contributed by atoms with Gasteiger partial charge in [-0.05, 0) is 43.9 Å². The minimum atomic E-state index is -3.61. The number of benzene rings is 2. The lowest BCUT2D eigenvalue weighted by Gasteiger charge is -2.31. The number of carbonyl (C=O) groups is 2. The molecule has 9 heteroatoms. The number of para-hydroxylation sites is 2. The highest BCUT2D eigenvalue weighted by molar-refractivity contribution is 7.92. The van der Waals surface area contributed by atoms with Crippen LogP contribution in [0.4, 0.5) is 5.69 Å². The lowest BCUT2D eigenvalue weighted by atomic mass is 10.1. The van der Waals surface area contributed by atoms with Gasteiger partial charge in [-0.1, -0.05) is 62.7 Å². The molecule has 0 aliphatic carbocycles. The number of hydrogen-bond donors (Lipinski definition) is 1. The zero-order valence-electron chi connectivity index (χ0n) is 22.5. The Labute approximate surface area is 222 Å². The predicted octanol–water partition coefficient (Wildman–Crippen LogP) is 4.36. The van der Waals surface area contributed by atoms with Crippen molar-refractivity contribution in [3.8, 4) is 5.75 Å². The van der Waals surface area contributed by atoms with Crippen molar-refractivity contribution in [2.45, 2.75) is 65.5 Å². The minimum Gasteiger partial charge on any atom is -0.492 e. The van der Waals surface area contributed by atoms with Crippen molar-refractivity contribution in [2.24, 2.45) is 0 Å². The van der Waals surface area contributed by atoms with Gasteiger partial charge < -0.3 is 15.0 Å². The Hall–Kier alpha value is -3.07. The average Bonchev–Trinajstić information content (AvgIpc) is 2.87. The number of ether oxygens (including phenoxy) is 1. The van der Waals surface area contributed by atoms with Crippen LogP contribution in [0, 0.1) is 0 Å². The summed E-state index contributed by atoms with van der Waals surface area (Å²) in [6.45, 7) is 7.19. The predicted molar refractivity (Wildman–Crippen MR) is 148 cm³/mol. The van der Waals surface area contributed by atoms with Crippen LogP contribution in [0.3, 0.4) is 0 Å². The molecule has 0 unspecified atom stereocenters. The fraction of sp³-hybridized carbons (Fsp3) is 0.500. The lowest BCUT2D eigenvalue weighted by molar-refractivity contribution is -0.141. The summed E-state index contributed by atoms with van der Waals surface area (Å²) in [4.78, 5) is 28.1. The van der Waals surface area contributed by atoms with E-state index in [4.69, 9.17) is 4.74 Å². The fourth-order valence-corrected chi connectivity index (χ4v) is 5.10. The van der Waals surface area contributed by atoms with Crippen molar-refractivity contribution in [3.05, 3.63) is 60.2 Å². The van der Waals surface area contributed by atoms with Crippen LogP contribution in [0.25, 0.3) is 0 Å². The summed E-state index contributed by atoms with van der Waals surface area (Å²) in [7, 11) is -3.61. The van der Waals surface area contributed by atoms with E-state index in [0.717, 1.165) is 24.7 Å². The third-order valence-electron chi connectivity index (χ3n) is 6.00. The summed E-state index contributed by atoms with van der Waals surface area (Å²) >= 11 is 0. The molecule has 0 fully saturated rings. The maximum atomic E-state index is 13.5. The van der Waals surface area contributed by atoms with E-state index in [-0.39, 0.29) is 24.8 Å². The smallest absolute Gasteiger partial charge is 0.242 e. The molecule has 2 amide bonds. The van der Waals surface area contributed by atoms with Gasteiger partial charge in [0.05, 0.1) is 18.6 Å². The highest BCUT2D eigenvalue weighted by Crippen LogP contribution is 2.30. The number of unbranched alkanes of at least 4 members (excludes halogenated alkanes) is 1. The number of anilines is 1. The van der Waals surface area contributed by atoms with Crippen LogP contribution < -0.4 is 14.4 Å². The number of nitrogens with zero attached hydrogens (tertiary/aromatic N) is 2. The first-order chi connectivity index (χ1) is 17.7. The maximum absolute atomic E-state index is 13.5. The quantitative estimate of drug-likeness (QED) is 0.325. The van der Waals surface area contributed by atoms with E-state index in [1.807, 2.05) is 44.2 Å². The molecule has 0 spiro atoms. The van der Waals surface area contributed by atoms with Crippen LogP contribution >= 0.6 is 0 Å². The molecule has 8 nitrogen and oxygen atoms in total. The van der Waals surface area contributed by atoms with Crippen LogP contribution in [0.2, 0.25) is 0 Å². The standard InChI is InChI=1S/C28H41N3O5S/c1-5-8-20-29-28(33)24(6-2)30(22-23-15-10-9-11-16-23)27(32)19-14-21-31(37(4,34)35)25-17-12-13-18-26(25)36-7-3/h9-13,15-18,24H,5-8,14,19-22H2,1-4H3,(H,29,33)/t24-/m0/s1. The van der Waals surface area contributed by atoms with Crippen LogP contribution in [0.15, 0.2) is 54.6 Å². The van der Waals surface area contributed by atoms with Gasteiger partial charge >= 0.3 is 0 Å². The summed E-state index contributed by atoms with van der Waals surface area (Å²) in [5.41, 5.74) is 1.38. The van der Waals surface area contributed by atoms with E-state index in [1.165, 1.54) is 4.31 Å². The number of sulfonamides is 1. The number of rotatable bonds is 16. The number of hydrogen-bond acceptors (Lipinski definition) is 5. The number of amides is 2. The fourth-order valence-electron chi connectivity index (χ4n) is 4.13. The van der Waals surface area contributed by atoms with Gasteiger partial charge in [0.1, 0.15) is 11.8 Å². The van der Waals surface area contributed by atoms with Gasteiger partial charge in [0.25, 0.3) is 0 Å². The molecule has 1 atom stereocenters. The van der Waals surface area contributed by atoms with Crippen LogP contribution in [0.5, 0.6) is 5.75 Å². The summed E-state index contributed by atoms with van der Waals surface area (Å²) < 4.78 is 32.2. The maximum Gasteiger partial charge on any atom is 0.242 e. The van der Waals surface area contributed by atoms with Crippen LogP contribution in [0.1, 0.15) is 58.4 Å². The molecule has 2 aromatic carbocycles. The Kier molecular flexibility index (Phi) is 12.4. The van der Waals surface area contributed by atoms with Crippen LogP contribution in [-0.2, 0) is 26.2 Å². The normalized spacial score (nSPS) is 12.0. The molecule has 2 aromatic rings. The van der Waals surface area contributed by atoms with E-state index >= 15 is 0 Å². The van der Waals surface area contributed by atoms with Crippen molar-refractivity contribution in [3.63, 3.8) is 0 Å². The third kappa shape index (κ3) is 9.39. The molecule has 0 aliphatic rings. The van der Waals surface area contributed by atoms with Gasteiger partial charge in [-0.3, -0.25) is 13.9 Å². The number of nitrogens with one attached hydrogen (secondary N) is 1. The van der Waals surface area contributed by atoms with E-state index in [2.05, 4.69) is 12.2 Å². The third-order valence-corrected chi connectivity index (χ3v) is 7.18. The zero-order chi connectivity index (χ0) is 27.3. The molecule has 0 saturated heterocycles. The molecule has 204 valence electrons. The van der Waals surface area contributed by atoms with Gasteiger partial charge in [0.2, 0.25) is 21.8 Å². The molecule has 0 heterocycles. The Balaban J connectivity index is 2.20. The molecular weight excluding hydrogens is 490 g/mol. The number of carbonyl (C=O) groups excluding carboxylic acids is 2. The molecule has 0 aliphatic heterocycles. The van der Waals surface area contributed by atoms with Crippen molar-refractivity contribution >= 4 is 27.5 Å². The zero-order valence-corrected chi connectivity index (χ0v) is 23.3. The monoisotopic (exact) mass is 531 g/mol. The summed E-state index contributed by atoms with van der Waals surface area (Å²) in [6, 6.07) is 15.9. The lowest BCUT2D eigenvalue weighted by Crippen LogP contribution is -2.49. The highest BCUT2D eigenvalue weighted by Gasteiger charge is 2.29. The second kappa shape index (κ2) is 15.2. The average molecular weight is 532 g/mol. The van der Waals surface area contributed by atoms with Gasteiger partial charge in [0.15, 0.2) is 0 Å². The van der Waals surface area contributed by atoms with Gasteiger partial charge in [-0.2, -0.15) is 0 Å². The molecule has 0 aromatic heterocycles. The highest BCUT2D eigenvalue weighted by atomic mass is 32.2. The van der Waals surface area contributed by atoms with E-state index in [0.29, 0.717) is 44.0 Å². The Bertz CT molecular complexity index is 1090. The van der Waals surface area contributed by atoms with Gasteiger partial charge in [-0.15, -0.1) is 0 Å². The minimum absolute atomic E-state index is 0.106. The Morgan fingerprint density at radius 1 is 0.973 bits per heavy atom. The van der Waals surface area contributed by atoms with Crippen molar-refractivity contribution in [1.29, 1.82) is 0 Å². The topological polar surface area (TPSA) is 96.0 Å².